The summed E-state index contributed by atoms with van der Waals surface area (Å²) in [6, 6.07) is 3.73. The van der Waals surface area contributed by atoms with Gasteiger partial charge in [-0.05, 0) is 24.0 Å². The number of hydrogen-bond acceptors (Lipinski definition) is 3. The molecule has 0 amide bonds. The number of aromatic hydroxyl groups is 1. The van der Waals surface area contributed by atoms with Crippen molar-refractivity contribution in [3.05, 3.63) is 23.3 Å². The topological polar surface area (TPSA) is 41.8 Å². The van der Waals surface area contributed by atoms with Crippen LogP contribution in [0.25, 0.3) is 0 Å². The predicted octanol–water partition coefficient (Wildman–Crippen LogP) is 4.70. The maximum absolute atomic E-state index is 10.4. The Morgan fingerprint density at radius 1 is 1.19 bits per heavy atom. The minimum absolute atomic E-state index is 0.137. The van der Waals surface area contributed by atoms with Crippen molar-refractivity contribution in [2.45, 2.75) is 58.8 Å². The quantitative estimate of drug-likeness (QED) is 0.584. The van der Waals surface area contributed by atoms with Crippen LogP contribution in [0.15, 0.2) is 17.1 Å². The van der Waals surface area contributed by atoms with Gasteiger partial charge in [0.25, 0.3) is 0 Å². The zero-order valence-corrected chi connectivity index (χ0v) is 14.1. The van der Waals surface area contributed by atoms with E-state index in [9.17, 15) is 5.11 Å². The van der Waals surface area contributed by atoms with E-state index < -0.39 is 0 Å². The van der Waals surface area contributed by atoms with Gasteiger partial charge in [0, 0.05) is 23.9 Å². The third-order valence-corrected chi connectivity index (χ3v) is 3.53. The molecule has 0 aliphatic rings. The maximum Gasteiger partial charge on any atom is 0.128 e. The molecular formula is C18H29NO2. The lowest BCUT2D eigenvalue weighted by atomic mass is 9.85. The number of unbranched alkanes of at least 4 members (excludes halogenated alkanes) is 3. The molecule has 1 rings (SSSR count). The highest BCUT2D eigenvalue weighted by molar-refractivity contribution is 5.85. The van der Waals surface area contributed by atoms with Gasteiger partial charge in [0.1, 0.15) is 11.5 Å². The van der Waals surface area contributed by atoms with Crippen molar-refractivity contribution < 1.29 is 9.84 Å². The Hall–Kier alpha value is -1.51. The molecule has 1 aromatic rings. The average molecular weight is 291 g/mol. The van der Waals surface area contributed by atoms with Gasteiger partial charge < -0.3 is 9.84 Å². The van der Waals surface area contributed by atoms with Crippen molar-refractivity contribution in [2.75, 3.05) is 13.7 Å². The molecule has 0 spiro atoms. The van der Waals surface area contributed by atoms with E-state index in [1.54, 1.807) is 13.3 Å². The van der Waals surface area contributed by atoms with Crippen LogP contribution in [-0.4, -0.2) is 25.0 Å². The first-order valence-corrected chi connectivity index (χ1v) is 7.81. The number of nitrogens with zero attached hydrogens (tertiary/aromatic N) is 1. The summed E-state index contributed by atoms with van der Waals surface area (Å²) in [4.78, 5) is 4.43. The lowest BCUT2D eigenvalue weighted by Crippen LogP contribution is -2.12. The van der Waals surface area contributed by atoms with Gasteiger partial charge in [-0.2, -0.15) is 0 Å². The Labute approximate surface area is 129 Å². The smallest absolute Gasteiger partial charge is 0.128 e. The van der Waals surface area contributed by atoms with E-state index in [2.05, 4.69) is 32.7 Å². The van der Waals surface area contributed by atoms with Crippen molar-refractivity contribution >= 4 is 6.21 Å². The molecule has 0 heterocycles. The van der Waals surface area contributed by atoms with Crippen LogP contribution in [-0.2, 0) is 5.41 Å². The largest absolute Gasteiger partial charge is 0.507 e. The number of phenols is 1. The second-order valence-electron chi connectivity index (χ2n) is 6.46. The van der Waals surface area contributed by atoms with Crippen molar-refractivity contribution in [3.63, 3.8) is 0 Å². The van der Waals surface area contributed by atoms with E-state index in [1.165, 1.54) is 19.3 Å². The van der Waals surface area contributed by atoms with Crippen molar-refractivity contribution in [1.29, 1.82) is 0 Å². The van der Waals surface area contributed by atoms with Crippen LogP contribution in [0.4, 0.5) is 0 Å². The highest BCUT2D eigenvalue weighted by Gasteiger charge is 2.21. The monoisotopic (exact) mass is 291 g/mol. The first-order chi connectivity index (χ1) is 9.90. The number of aliphatic imine (C=N–C) groups is 1. The summed E-state index contributed by atoms with van der Waals surface area (Å²) in [5.41, 5.74) is 1.48. The zero-order chi connectivity index (χ0) is 15.9. The van der Waals surface area contributed by atoms with Crippen LogP contribution in [0, 0.1) is 0 Å². The molecule has 118 valence electrons. The van der Waals surface area contributed by atoms with Crippen molar-refractivity contribution in [2.24, 2.45) is 4.99 Å². The lowest BCUT2D eigenvalue weighted by Gasteiger charge is -2.22. The number of methoxy groups -OCH3 is 1. The zero-order valence-electron chi connectivity index (χ0n) is 14.1. The standard InChI is InChI=1S/C18H29NO2/c1-6-7-8-9-10-19-13-14-11-15(21-5)12-16(17(14)20)18(2,3)4/h11-13,20H,6-10H2,1-5H3. The number of rotatable bonds is 7. The van der Waals surface area contributed by atoms with Gasteiger partial charge in [-0.15, -0.1) is 0 Å². The number of benzene rings is 1. The third-order valence-electron chi connectivity index (χ3n) is 3.53. The van der Waals surface area contributed by atoms with E-state index >= 15 is 0 Å². The minimum atomic E-state index is -0.137. The second kappa shape index (κ2) is 8.06. The molecule has 0 saturated heterocycles. The van der Waals surface area contributed by atoms with E-state index in [1.807, 2.05) is 12.1 Å². The SMILES string of the molecule is CCCCCCN=Cc1cc(OC)cc(C(C)(C)C)c1O. The summed E-state index contributed by atoms with van der Waals surface area (Å²) >= 11 is 0. The molecule has 0 aliphatic heterocycles. The summed E-state index contributed by atoms with van der Waals surface area (Å²) in [7, 11) is 1.64. The molecule has 3 heteroatoms. The Morgan fingerprint density at radius 2 is 1.90 bits per heavy atom. The van der Waals surface area contributed by atoms with Crippen LogP contribution in [0.2, 0.25) is 0 Å². The predicted molar refractivity (Wildman–Crippen MR) is 90.0 cm³/mol. The van der Waals surface area contributed by atoms with Crippen LogP contribution in [0.5, 0.6) is 11.5 Å². The molecule has 0 aromatic heterocycles. The van der Waals surface area contributed by atoms with E-state index in [-0.39, 0.29) is 5.41 Å². The molecule has 0 saturated carbocycles. The summed E-state index contributed by atoms with van der Waals surface area (Å²) < 4.78 is 5.33. The number of ether oxygens (including phenoxy) is 1. The van der Waals surface area contributed by atoms with E-state index in [4.69, 9.17) is 4.74 Å². The molecule has 0 aliphatic carbocycles. The highest BCUT2D eigenvalue weighted by atomic mass is 16.5. The van der Waals surface area contributed by atoms with E-state index in [0.29, 0.717) is 5.75 Å². The van der Waals surface area contributed by atoms with Gasteiger partial charge in [0.2, 0.25) is 0 Å². The Bertz CT molecular complexity index is 473. The van der Waals surface area contributed by atoms with Crippen LogP contribution in [0.3, 0.4) is 0 Å². The summed E-state index contributed by atoms with van der Waals surface area (Å²) in [5.74, 6) is 1.06. The maximum atomic E-state index is 10.4. The molecule has 0 fully saturated rings. The van der Waals surface area contributed by atoms with Crippen molar-refractivity contribution in [3.8, 4) is 11.5 Å². The van der Waals surface area contributed by atoms with E-state index in [0.717, 1.165) is 29.8 Å². The summed E-state index contributed by atoms with van der Waals surface area (Å²) in [5, 5.41) is 10.4. The molecule has 0 atom stereocenters. The van der Waals surface area contributed by atoms with Gasteiger partial charge in [-0.1, -0.05) is 47.0 Å². The lowest BCUT2D eigenvalue weighted by molar-refractivity contribution is 0.405. The van der Waals surface area contributed by atoms with Crippen molar-refractivity contribution in [1.82, 2.24) is 0 Å². The van der Waals surface area contributed by atoms with Gasteiger partial charge in [0.05, 0.1) is 7.11 Å². The first-order valence-electron chi connectivity index (χ1n) is 7.81. The molecule has 1 aromatic carbocycles. The Kier molecular flexibility index (Phi) is 6.73. The molecule has 1 N–H and O–H groups in total. The fourth-order valence-corrected chi connectivity index (χ4v) is 2.21. The normalized spacial score (nSPS) is 12.0. The fourth-order valence-electron chi connectivity index (χ4n) is 2.21. The molecule has 0 radical (unpaired) electrons. The van der Waals surface area contributed by atoms with Crippen LogP contribution < -0.4 is 4.74 Å². The Balaban J connectivity index is 2.88. The van der Waals surface area contributed by atoms with Gasteiger partial charge >= 0.3 is 0 Å². The van der Waals surface area contributed by atoms with Gasteiger partial charge in [-0.25, -0.2) is 0 Å². The molecule has 21 heavy (non-hydrogen) atoms. The molecule has 3 nitrogen and oxygen atoms in total. The second-order valence-corrected chi connectivity index (χ2v) is 6.46. The summed E-state index contributed by atoms with van der Waals surface area (Å²) in [6.07, 6.45) is 6.56. The van der Waals surface area contributed by atoms with Crippen LogP contribution in [0.1, 0.15) is 64.5 Å². The molecule has 0 unspecified atom stereocenters. The first kappa shape index (κ1) is 17.5. The molecule has 0 bridgehead atoms. The number of phenolic OH excluding ortho intramolecular Hbond substituents is 1. The van der Waals surface area contributed by atoms with Gasteiger partial charge in [0.15, 0.2) is 0 Å². The summed E-state index contributed by atoms with van der Waals surface area (Å²) in [6.45, 7) is 9.24. The average Bonchev–Trinajstić information content (AvgIpc) is 2.43. The third kappa shape index (κ3) is 5.41. The van der Waals surface area contributed by atoms with Gasteiger partial charge in [-0.3, -0.25) is 4.99 Å². The number of hydrogen-bond donors (Lipinski definition) is 1. The highest BCUT2D eigenvalue weighted by Crippen LogP contribution is 2.36. The fraction of sp³-hybridized carbons (Fsp3) is 0.611. The molecular weight excluding hydrogens is 262 g/mol. The minimum Gasteiger partial charge on any atom is -0.507 e. The Morgan fingerprint density at radius 3 is 2.48 bits per heavy atom. The van der Waals surface area contributed by atoms with Crippen LogP contribution >= 0.6 is 0 Å².